The molecule has 9 heteroatoms. The van der Waals surface area contributed by atoms with Gasteiger partial charge in [-0.3, -0.25) is 4.79 Å². The Kier molecular flexibility index (Phi) is 5.05. The van der Waals surface area contributed by atoms with Crippen molar-refractivity contribution < 1.29 is 4.79 Å². The molecule has 1 atom stereocenters. The minimum absolute atomic E-state index is 0.0365. The van der Waals surface area contributed by atoms with Crippen LogP contribution in [0, 0.1) is 4.91 Å². The van der Waals surface area contributed by atoms with Gasteiger partial charge in [0.05, 0.1) is 10.6 Å². The minimum Gasteiger partial charge on any atom is -0.368 e. The SMILES string of the molecule is CCNC(=O)c1cc2c(C(N=O)c3ccc(-n4cccc4)cc3)nc(N)nc2s1. The summed E-state index contributed by atoms with van der Waals surface area (Å²) in [7, 11) is 0. The summed E-state index contributed by atoms with van der Waals surface area (Å²) in [4.78, 5) is 33.5. The maximum atomic E-state index is 12.2. The van der Waals surface area contributed by atoms with Crippen LogP contribution in [0.1, 0.15) is 33.9 Å². The van der Waals surface area contributed by atoms with E-state index >= 15 is 0 Å². The van der Waals surface area contributed by atoms with Gasteiger partial charge in [0.2, 0.25) is 5.95 Å². The van der Waals surface area contributed by atoms with Crippen LogP contribution < -0.4 is 11.1 Å². The van der Waals surface area contributed by atoms with Gasteiger partial charge in [-0.2, -0.15) is 0 Å². The van der Waals surface area contributed by atoms with Crippen molar-refractivity contribution in [3.05, 3.63) is 75.9 Å². The van der Waals surface area contributed by atoms with E-state index in [1.165, 1.54) is 11.3 Å². The van der Waals surface area contributed by atoms with Crippen molar-refractivity contribution in [3.8, 4) is 5.69 Å². The standard InChI is InChI=1S/C20H18N6O2S/c1-2-22-18(27)15-11-14-17(23-20(21)24-19(14)29-15)16(25-28)12-5-7-13(8-6-12)26-9-3-4-10-26/h3-11,16H,2H2,1H3,(H,22,27)(H2,21,23,24). The largest absolute Gasteiger partial charge is 0.368 e. The molecule has 3 aromatic heterocycles. The van der Waals surface area contributed by atoms with E-state index in [0.717, 1.165) is 5.69 Å². The first-order valence-corrected chi connectivity index (χ1v) is 9.83. The molecule has 0 saturated carbocycles. The predicted molar refractivity (Wildman–Crippen MR) is 113 cm³/mol. The highest BCUT2D eigenvalue weighted by Crippen LogP contribution is 2.34. The number of nitroso groups, excluding NO2 is 1. The summed E-state index contributed by atoms with van der Waals surface area (Å²) < 4.78 is 1.96. The van der Waals surface area contributed by atoms with Gasteiger partial charge in [0.1, 0.15) is 4.83 Å². The Morgan fingerprint density at radius 3 is 2.62 bits per heavy atom. The molecule has 0 fully saturated rings. The molecule has 0 aliphatic rings. The van der Waals surface area contributed by atoms with Crippen molar-refractivity contribution in [2.24, 2.45) is 5.18 Å². The number of nitrogen functional groups attached to an aromatic ring is 1. The summed E-state index contributed by atoms with van der Waals surface area (Å²) in [5.74, 6) is -0.166. The van der Waals surface area contributed by atoms with Crippen LogP contribution in [0.5, 0.6) is 0 Å². The number of amides is 1. The van der Waals surface area contributed by atoms with Crippen molar-refractivity contribution >= 4 is 33.4 Å². The van der Waals surface area contributed by atoms with Gasteiger partial charge in [-0.1, -0.05) is 17.3 Å². The molecule has 3 heterocycles. The second-order valence-electron chi connectivity index (χ2n) is 6.35. The number of benzene rings is 1. The molecule has 0 bridgehead atoms. The molecule has 29 heavy (non-hydrogen) atoms. The van der Waals surface area contributed by atoms with Gasteiger partial charge in [-0.15, -0.1) is 16.2 Å². The summed E-state index contributed by atoms with van der Waals surface area (Å²) in [6, 6.07) is 12.2. The molecule has 146 valence electrons. The maximum Gasteiger partial charge on any atom is 0.261 e. The first-order chi connectivity index (χ1) is 14.1. The van der Waals surface area contributed by atoms with Gasteiger partial charge in [-0.05, 0) is 42.8 Å². The van der Waals surface area contributed by atoms with E-state index in [1.54, 1.807) is 6.07 Å². The van der Waals surface area contributed by atoms with Gasteiger partial charge in [-0.25, -0.2) is 9.97 Å². The average Bonchev–Trinajstić information content (AvgIpc) is 3.39. The van der Waals surface area contributed by atoms with Crippen molar-refractivity contribution in [1.29, 1.82) is 0 Å². The Labute approximate surface area is 170 Å². The van der Waals surface area contributed by atoms with Crippen LogP contribution in [-0.2, 0) is 0 Å². The monoisotopic (exact) mass is 406 g/mol. The number of nitrogens with two attached hydrogens (primary N) is 1. The second kappa shape index (κ2) is 7.80. The Morgan fingerprint density at radius 2 is 1.97 bits per heavy atom. The smallest absolute Gasteiger partial charge is 0.261 e. The van der Waals surface area contributed by atoms with Crippen LogP contribution in [-0.4, -0.2) is 27.0 Å². The molecular weight excluding hydrogens is 388 g/mol. The Balaban J connectivity index is 1.76. The van der Waals surface area contributed by atoms with E-state index < -0.39 is 6.04 Å². The fraction of sp³-hybridized carbons (Fsp3) is 0.150. The average molecular weight is 406 g/mol. The zero-order chi connectivity index (χ0) is 20.4. The van der Waals surface area contributed by atoms with E-state index in [0.29, 0.717) is 32.9 Å². The van der Waals surface area contributed by atoms with Crippen molar-refractivity contribution in [1.82, 2.24) is 19.9 Å². The summed E-state index contributed by atoms with van der Waals surface area (Å²) in [5, 5.41) is 6.66. The summed E-state index contributed by atoms with van der Waals surface area (Å²) >= 11 is 1.21. The number of thiophene rings is 1. The number of nitrogens with one attached hydrogen (secondary N) is 1. The number of hydrogen-bond acceptors (Lipinski definition) is 7. The molecule has 0 radical (unpaired) electrons. The Bertz CT molecular complexity index is 1170. The maximum absolute atomic E-state index is 12.2. The molecule has 0 saturated heterocycles. The molecule has 4 aromatic rings. The topological polar surface area (TPSA) is 115 Å². The number of hydrogen-bond donors (Lipinski definition) is 2. The molecule has 1 unspecified atom stereocenters. The lowest BCUT2D eigenvalue weighted by atomic mass is 10.0. The quantitative estimate of drug-likeness (QED) is 0.474. The molecule has 8 nitrogen and oxygen atoms in total. The summed E-state index contributed by atoms with van der Waals surface area (Å²) in [6.07, 6.45) is 3.88. The van der Waals surface area contributed by atoms with Crippen LogP contribution >= 0.6 is 11.3 Å². The van der Waals surface area contributed by atoms with Crippen LogP contribution in [0.4, 0.5) is 5.95 Å². The highest BCUT2D eigenvalue weighted by molar-refractivity contribution is 7.20. The van der Waals surface area contributed by atoms with E-state index in [9.17, 15) is 9.70 Å². The Morgan fingerprint density at radius 1 is 1.24 bits per heavy atom. The fourth-order valence-corrected chi connectivity index (χ4v) is 4.10. The third-order valence-corrected chi connectivity index (χ3v) is 5.50. The first-order valence-electron chi connectivity index (χ1n) is 9.01. The number of nitrogens with zero attached hydrogens (tertiary/aromatic N) is 4. The zero-order valence-corrected chi connectivity index (χ0v) is 16.4. The predicted octanol–water partition coefficient (Wildman–Crippen LogP) is 3.67. The number of aromatic nitrogens is 3. The van der Waals surface area contributed by atoms with E-state index in [2.05, 4.69) is 20.5 Å². The molecular formula is C20H18N6O2S. The highest BCUT2D eigenvalue weighted by Gasteiger charge is 2.23. The molecule has 0 spiro atoms. The minimum atomic E-state index is -0.863. The normalized spacial score (nSPS) is 12.0. The lowest BCUT2D eigenvalue weighted by molar-refractivity contribution is 0.0960. The molecule has 1 aromatic carbocycles. The number of fused-ring (bicyclic) bond motifs is 1. The van der Waals surface area contributed by atoms with E-state index in [1.807, 2.05) is 60.3 Å². The summed E-state index contributed by atoms with van der Waals surface area (Å²) in [5.41, 5.74) is 7.90. The molecule has 1 amide bonds. The first kappa shape index (κ1) is 18.8. The number of carbonyl (C=O) groups excluding carboxylic acids is 1. The zero-order valence-electron chi connectivity index (χ0n) is 15.6. The highest BCUT2D eigenvalue weighted by atomic mass is 32.1. The lowest BCUT2D eigenvalue weighted by Crippen LogP contribution is -2.21. The Hall–Kier alpha value is -3.59. The van der Waals surface area contributed by atoms with Crippen LogP contribution in [0.25, 0.3) is 15.9 Å². The van der Waals surface area contributed by atoms with E-state index in [-0.39, 0.29) is 11.9 Å². The second-order valence-corrected chi connectivity index (χ2v) is 7.38. The third kappa shape index (κ3) is 3.59. The van der Waals surface area contributed by atoms with Gasteiger partial charge < -0.3 is 15.6 Å². The van der Waals surface area contributed by atoms with E-state index in [4.69, 9.17) is 5.73 Å². The van der Waals surface area contributed by atoms with Gasteiger partial charge in [0.15, 0.2) is 6.04 Å². The van der Waals surface area contributed by atoms with Crippen molar-refractivity contribution in [3.63, 3.8) is 0 Å². The number of carbonyl (C=O) groups is 1. The molecule has 3 N–H and O–H groups in total. The number of anilines is 1. The fourth-order valence-electron chi connectivity index (χ4n) is 3.13. The lowest BCUT2D eigenvalue weighted by Gasteiger charge is -2.12. The van der Waals surface area contributed by atoms with Crippen LogP contribution in [0.3, 0.4) is 0 Å². The van der Waals surface area contributed by atoms with Crippen LogP contribution in [0.2, 0.25) is 0 Å². The van der Waals surface area contributed by atoms with Crippen LogP contribution in [0.15, 0.2) is 60.0 Å². The van der Waals surface area contributed by atoms with Gasteiger partial charge >= 0.3 is 0 Å². The molecule has 0 aliphatic heterocycles. The summed E-state index contributed by atoms with van der Waals surface area (Å²) in [6.45, 7) is 2.36. The van der Waals surface area contributed by atoms with Crippen molar-refractivity contribution in [2.75, 3.05) is 12.3 Å². The number of rotatable bonds is 6. The molecule has 0 aliphatic carbocycles. The third-order valence-electron chi connectivity index (χ3n) is 4.48. The van der Waals surface area contributed by atoms with Gasteiger partial charge in [0.25, 0.3) is 5.91 Å². The molecule has 4 rings (SSSR count). The van der Waals surface area contributed by atoms with Gasteiger partial charge in [0, 0.05) is 30.0 Å². The van der Waals surface area contributed by atoms with Crippen molar-refractivity contribution in [2.45, 2.75) is 13.0 Å².